The van der Waals surface area contributed by atoms with Crippen molar-refractivity contribution >= 4 is 21.8 Å². The predicted molar refractivity (Wildman–Crippen MR) is 56.6 cm³/mol. The summed E-state index contributed by atoms with van der Waals surface area (Å²) in [6, 6.07) is 3.16. The van der Waals surface area contributed by atoms with Crippen LogP contribution in [0.4, 0.5) is 8.78 Å². The zero-order valence-corrected chi connectivity index (χ0v) is 9.64. The van der Waals surface area contributed by atoms with Crippen molar-refractivity contribution < 1.29 is 13.6 Å². The van der Waals surface area contributed by atoms with Crippen LogP contribution in [-0.2, 0) is 11.3 Å². The van der Waals surface area contributed by atoms with Crippen LogP contribution < -0.4 is 5.32 Å². The van der Waals surface area contributed by atoms with Crippen LogP contribution in [0.2, 0.25) is 0 Å². The van der Waals surface area contributed by atoms with Crippen LogP contribution in [0, 0.1) is 11.6 Å². The molecule has 0 aliphatic carbocycles. The first-order chi connectivity index (χ1) is 6.99. The van der Waals surface area contributed by atoms with E-state index in [-0.39, 0.29) is 17.3 Å². The Balaban J connectivity index is 2.61. The molecule has 5 heteroatoms. The molecule has 1 atom stereocenters. The molecule has 0 heterocycles. The molecule has 1 aromatic rings. The Morgan fingerprint density at radius 2 is 1.93 bits per heavy atom. The Morgan fingerprint density at radius 3 is 2.40 bits per heavy atom. The predicted octanol–water partition coefficient (Wildman–Crippen LogP) is 2.36. The minimum Gasteiger partial charge on any atom is -0.351 e. The number of hydrogen-bond donors (Lipinski definition) is 1. The van der Waals surface area contributed by atoms with Crippen LogP contribution in [0.5, 0.6) is 0 Å². The van der Waals surface area contributed by atoms with Crippen molar-refractivity contribution in [1.29, 1.82) is 0 Å². The van der Waals surface area contributed by atoms with E-state index in [2.05, 4.69) is 21.2 Å². The molecule has 1 N–H and O–H groups in total. The van der Waals surface area contributed by atoms with Crippen LogP contribution >= 0.6 is 15.9 Å². The van der Waals surface area contributed by atoms with Gasteiger partial charge in [0.25, 0.3) is 0 Å². The van der Waals surface area contributed by atoms with Crippen molar-refractivity contribution in [3.8, 4) is 0 Å². The Labute approximate surface area is 94.8 Å². The van der Waals surface area contributed by atoms with E-state index in [1.54, 1.807) is 6.92 Å². The third-order valence-electron chi connectivity index (χ3n) is 1.75. The third-order valence-corrected chi connectivity index (χ3v) is 2.17. The fourth-order valence-corrected chi connectivity index (χ4v) is 1.20. The van der Waals surface area contributed by atoms with E-state index in [4.69, 9.17) is 0 Å². The molecule has 0 bridgehead atoms. The van der Waals surface area contributed by atoms with Gasteiger partial charge < -0.3 is 5.32 Å². The highest BCUT2D eigenvalue weighted by molar-refractivity contribution is 9.10. The Morgan fingerprint density at radius 1 is 1.40 bits per heavy atom. The van der Waals surface area contributed by atoms with Crippen LogP contribution in [0.15, 0.2) is 18.2 Å². The molecular formula is C10H10BrF2NO. The fraction of sp³-hybridized carbons (Fsp3) is 0.300. The number of rotatable bonds is 3. The second-order valence-electron chi connectivity index (χ2n) is 3.11. The number of carbonyl (C=O) groups is 1. The zero-order chi connectivity index (χ0) is 11.4. The summed E-state index contributed by atoms with van der Waals surface area (Å²) in [7, 11) is 0. The molecular weight excluding hydrogens is 268 g/mol. The monoisotopic (exact) mass is 277 g/mol. The third kappa shape index (κ3) is 3.95. The van der Waals surface area contributed by atoms with E-state index in [9.17, 15) is 13.6 Å². The number of hydrogen-bond acceptors (Lipinski definition) is 1. The minimum atomic E-state index is -0.647. The van der Waals surface area contributed by atoms with Gasteiger partial charge in [-0.25, -0.2) is 8.78 Å². The highest BCUT2D eigenvalue weighted by Gasteiger charge is 2.08. The Hall–Kier alpha value is -0.970. The van der Waals surface area contributed by atoms with Crippen molar-refractivity contribution in [3.05, 3.63) is 35.4 Å². The van der Waals surface area contributed by atoms with Gasteiger partial charge in [0.1, 0.15) is 11.6 Å². The molecule has 15 heavy (non-hydrogen) atoms. The molecule has 2 nitrogen and oxygen atoms in total. The molecule has 0 spiro atoms. The molecule has 0 saturated carbocycles. The van der Waals surface area contributed by atoms with Crippen molar-refractivity contribution in [3.63, 3.8) is 0 Å². The first-order valence-electron chi connectivity index (χ1n) is 4.36. The van der Waals surface area contributed by atoms with Gasteiger partial charge in [-0.15, -0.1) is 0 Å². The molecule has 0 fully saturated rings. The lowest BCUT2D eigenvalue weighted by Crippen LogP contribution is -2.28. The first kappa shape index (κ1) is 12.1. The van der Waals surface area contributed by atoms with Crippen LogP contribution in [0.3, 0.4) is 0 Å². The summed E-state index contributed by atoms with van der Waals surface area (Å²) in [6.07, 6.45) is 0. The van der Waals surface area contributed by atoms with E-state index >= 15 is 0 Å². The summed E-state index contributed by atoms with van der Waals surface area (Å²) in [6.45, 7) is 1.78. The number of halogens is 3. The number of alkyl halides is 1. The van der Waals surface area contributed by atoms with Gasteiger partial charge in [0.2, 0.25) is 5.91 Å². The molecule has 0 aromatic heterocycles. The molecule has 82 valence electrons. The zero-order valence-electron chi connectivity index (χ0n) is 8.06. The molecule has 1 aromatic carbocycles. The van der Waals surface area contributed by atoms with Crippen molar-refractivity contribution in [1.82, 2.24) is 5.32 Å². The second-order valence-corrected chi connectivity index (χ2v) is 4.49. The van der Waals surface area contributed by atoms with Crippen molar-refractivity contribution in [2.45, 2.75) is 18.3 Å². The van der Waals surface area contributed by atoms with Gasteiger partial charge in [-0.3, -0.25) is 4.79 Å². The maximum atomic E-state index is 12.7. The van der Waals surface area contributed by atoms with Crippen LogP contribution in [-0.4, -0.2) is 10.7 Å². The second kappa shape index (κ2) is 5.21. The smallest absolute Gasteiger partial charge is 0.233 e. The van der Waals surface area contributed by atoms with Gasteiger partial charge in [-0.2, -0.15) is 0 Å². The number of amides is 1. The Kier molecular flexibility index (Phi) is 4.20. The summed E-state index contributed by atoms with van der Waals surface area (Å²) in [4.78, 5) is 10.8. The maximum Gasteiger partial charge on any atom is 0.233 e. The molecule has 0 saturated heterocycles. The van der Waals surface area contributed by atoms with Gasteiger partial charge in [-0.1, -0.05) is 15.9 Å². The average molecular weight is 278 g/mol. The minimum absolute atomic E-state index is 0.115. The number of benzene rings is 1. The standard InChI is InChI=1S/C10H10BrF2NO/c1-6(11)10(15)14-5-7-2-8(12)4-9(13)3-7/h2-4,6H,5H2,1H3,(H,14,15). The lowest BCUT2D eigenvalue weighted by molar-refractivity contribution is -0.120. The lowest BCUT2D eigenvalue weighted by Gasteiger charge is -2.06. The van der Waals surface area contributed by atoms with E-state index in [0.29, 0.717) is 5.56 Å². The molecule has 1 unspecified atom stereocenters. The molecule has 1 rings (SSSR count). The van der Waals surface area contributed by atoms with E-state index in [1.807, 2.05) is 0 Å². The van der Waals surface area contributed by atoms with E-state index < -0.39 is 11.6 Å². The number of carbonyl (C=O) groups excluding carboxylic acids is 1. The normalized spacial score (nSPS) is 12.3. The summed E-state index contributed by atoms with van der Waals surface area (Å²) in [5.41, 5.74) is 0.397. The number of nitrogens with one attached hydrogen (secondary N) is 1. The highest BCUT2D eigenvalue weighted by atomic mass is 79.9. The van der Waals surface area contributed by atoms with Crippen LogP contribution in [0.25, 0.3) is 0 Å². The van der Waals surface area contributed by atoms with Crippen molar-refractivity contribution in [2.75, 3.05) is 0 Å². The van der Waals surface area contributed by atoms with Crippen LogP contribution in [0.1, 0.15) is 12.5 Å². The lowest BCUT2D eigenvalue weighted by atomic mass is 10.2. The molecule has 0 radical (unpaired) electrons. The van der Waals surface area contributed by atoms with Gasteiger partial charge >= 0.3 is 0 Å². The van der Waals surface area contributed by atoms with E-state index in [1.165, 1.54) is 12.1 Å². The fourth-order valence-electron chi connectivity index (χ4n) is 1.04. The summed E-state index contributed by atoms with van der Waals surface area (Å²) in [5.74, 6) is -1.52. The highest BCUT2D eigenvalue weighted by Crippen LogP contribution is 2.08. The van der Waals surface area contributed by atoms with Gasteiger partial charge in [0, 0.05) is 12.6 Å². The largest absolute Gasteiger partial charge is 0.351 e. The topological polar surface area (TPSA) is 29.1 Å². The summed E-state index contributed by atoms with van der Waals surface area (Å²) in [5, 5.41) is 2.53. The summed E-state index contributed by atoms with van der Waals surface area (Å²) < 4.78 is 25.5. The summed E-state index contributed by atoms with van der Waals surface area (Å²) >= 11 is 3.08. The Bertz CT molecular complexity index is 348. The first-order valence-corrected chi connectivity index (χ1v) is 5.27. The van der Waals surface area contributed by atoms with E-state index in [0.717, 1.165) is 6.07 Å². The SMILES string of the molecule is CC(Br)C(=O)NCc1cc(F)cc(F)c1. The maximum absolute atomic E-state index is 12.7. The van der Waals surface area contributed by atoms with Gasteiger partial charge in [0.05, 0.1) is 4.83 Å². The molecule has 0 aliphatic heterocycles. The average Bonchev–Trinajstić information content (AvgIpc) is 2.12. The molecule has 0 aliphatic rings. The molecule has 1 amide bonds. The van der Waals surface area contributed by atoms with Gasteiger partial charge in [-0.05, 0) is 24.6 Å². The quantitative estimate of drug-likeness (QED) is 0.845. The van der Waals surface area contributed by atoms with Gasteiger partial charge in [0.15, 0.2) is 0 Å². The van der Waals surface area contributed by atoms with Crippen molar-refractivity contribution in [2.24, 2.45) is 0 Å².